The first-order valence-electron chi connectivity index (χ1n) is 1.81. The Hall–Kier alpha value is -0.960. The molecule has 0 fully saturated rings. The van der Waals surface area contributed by atoms with Gasteiger partial charge in [-0.1, -0.05) is 8.86 Å². The van der Waals surface area contributed by atoms with E-state index in [1.54, 1.807) is 0 Å². The van der Waals surface area contributed by atoms with Gasteiger partial charge in [-0.3, -0.25) is 0 Å². The number of hydrogen-bond acceptors (Lipinski definition) is 4. The lowest BCUT2D eigenvalue weighted by Gasteiger charge is -1.88. The molecule has 0 saturated carbocycles. The molecule has 1 aromatic rings. The normalized spacial score (nSPS) is 9.00. The topological polar surface area (TPSA) is 63.8 Å². The Balaban J connectivity index is 3.35. The molecule has 0 atom stereocenters. The smallest absolute Gasteiger partial charge is 0.211 e. The molecule has 0 amide bonds. The largest absolute Gasteiger partial charge is 0.425 e. The van der Waals surface area contributed by atoms with E-state index < -0.39 is 0 Å². The van der Waals surface area contributed by atoms with Gasteiger partial charge in [-0.2, -0.15) is 0 Å². The van der Waals surface area contributed by atoms with Crippen molar-refractivity contribution in [1.29, 1.82) is 0 Å². The highest BCUT2D eigenvalue weighted by atomic mass is 31.0. The Morgan fingerprint density at radius 1 is 1.75 bits per heavy atom. The molecule has 0 aliphatic rings. The van der Waals surface area contributed by atoms with Crippen molar-refractivity contribution in [2.45, 2.75) is 0 Å². The Morgan fingerprint density at radius 3 is 2.88 bits per heavy atom. The Labute approximate surface area is 46.8 Å². The summed E-state index contributed by atoms with van der Waals surface area (Å²) in [5, 5.41) is 18.7. The van der Waals surface area contributed by atoms with E-state index in [1.165, 1.54) is 0 Å². The van der Waals surface area contributed by atoms with E-state index >= 15 is 0 Å². The maximum atomic E-state index is 8.62. The van der Waals surface area contributed by atoms with Crippen LogP contribution in [0.5, 0.6) is 0 Å². The Morgan fingerprint density at radius 2 is 2.50 bits per heavy atom. The number of hydrogen-bond donors (Lipinski definition) is 1. The van der Waals surface area contributed by atoms with Crippen LogP contribution in [0.25, 0.3) is 0 Å². The van der Waals surface area contributed by atoms with Crippen LogP contribution in [0.15, 0.2) is 6.33 Å². The third kappa shape index (κ3) is 0.816. The van der Waals surface area contributed by atoms with Crippen LogP contribution in [0.1, 0.15) is 0 Å². The van der Waals surface area contributed by atoms with Crippen LogP contribution < -0.4 is 0 Å². The van der Waals surface area contributed by atoms with Crippen molar-refractivity contribution in [3.05, 3.63) is 11.5 Å². The first kappa shape index (κ1) is 5.18. The van der Waals surface area contributed by atoms with Crippen molar-refractivity contribution in [2.75, 3.05) is 0 Å². The summed E-state index contributed by atoms with van der Waals surface area (Å²) in [5.74, 6) is 0. The molecule has 1 rings (SSSR count). The monoisotopic (exact) mass is 130 g/mol. The second-order valence-corrected chi connectivity index (χ2v) is 1.54. The number of rotatable bonds is 0. The summed E-state index contributed by atoms with van der Waals surface area (Å²) in [6.07, 6.45) is 1.12. The molecule has 8 heavy (non-hydrogen) atoms. The van der Waals surface area contributed by atoms with Gasteiger partial charge in [0.2, 0.25) is 5.20 Å². The van der Waals surface area contributed by atoms with Gasteiger partial charge >= 0.3 is 0 Å². The van der Waals surface area contributed by atoms with Crippen LogP contribution in [0.3, 0.4) is 0 Å². The van der Waals surface area contributed by atoms with Crippen LogP contribution >= 0.6 is 8.86 Å². The van der Waals surface area contributed by atoms with Crippen molar-refractivity contribution >= 4 is 8.86 Å². The molecule has 1 heterocycles. The van der Waals surface area contributed by atoms with E-state index in [0.717, 1.165) is 6.33 Å². The van der Waals surface area contributed by atoms with Gasteiger partial charge < -0.3 is 5.21 Å². The van der Waals surface area contributed by atoms with Crippen LogP contribution in [-0.4, -0.2) is 25.3 Å². The average Bonchev–Trinajstić information content (AvgIpc) is 1.77. The van der Waals surface area contributed by atoms with E-state index in [-0.39, 0.29) is 5.20 Å². The fourth-order valence-electron chi connectivity index (χ4n) is 0.241. The summed E-state index contributed by atoms with van der Waals surface area (Å²) in [4.78, 5) is 0. The molecule has 0 aromatic carbocycles. The van der Waals surface area contributed by atoms with Gasteiger partial charge in [0.05, 0.1) is 0 Å². The molecule has 0 bridgehead atoms. The minimum absolute atomic E-state index is 0.222. The zero-order chi connectivity index (χ0) is 5.98. The number of aromatic nitrogens is 4. The summed E-state index contributed by atoms with van der Waals surface area (Å²) in [5.41, 5.74) is 0. The molecule has 6 heteroatoms. The Kier molecular flexibility index (Phi) is 1.22. The van der Waals surface area contributed by atoms with Gasteiger partial charge in [0.1, 0.15) is 0 Å². The predicted octanol–water partition coefficient (Wildman–Crippen LogP) is -0.415. The summed E-state index contributed by atoms with van der Waals surface area (Å²) in [7, 11) is 2.94. The molecule has 0 unspecified atom stereocenters. The van der Waals surface area contributed by atoms with E-state index in [9.17, 15) is 0 Å². The zero-order valence-corrected chi connectivity index (χ0v) is 4.81. The van der Waals surface area contributed by atoms with Crippen molar-refractivity contribution in [3.8, 4) is 0 Å². The van der Waals surface area contributed by atoms with Crippen molar-refractivity contribution in [3.63, 3.8) is 0 Å². The van der Waals surface area contributed by atoms with Crippen molar-refractivity contribution in [1.82, 2.24) is 20.1 Å². The maximum absolute atomic E-state index is 8.62. The van der Waals surface area contributed by atoms with E-state index in [0.29, 0.717) is 4.73 Å². The SMILES string of the molecule is On1cnnnc1=P. The molecule has 1 N–H and O–H groups in total. The first-order valence-corrected chi connectivity index (χ1v) is 2.31. The van der Waals surface area contributed by atoms with Gasteiger partial charge in [-0.15, -0.1) is 14.9 Å². The summed E-state index contributed by atoms with van der Waals surface area (Å²) in [6.45, 7) is 0. The minimum atomic E-state index is 0.222. The lowest BCUT2D eigenvalue weighted by atomic mass is 11.2. The quantitative estimate of drug-likeness (QED) is 0.383. The second kappa shape index (κ2) is 1.88. The molecular weight excluding hydrogens is 127 g/mol. The lowest BCUT2D eigenvalue weighted by Crippen LogP contribution is -1.99. The highest BCUT2D eigenvalue weighted by molar-refractivity contribution is 7.06. The molecule has 5 nitrogen and oxygen atoms in total. The molecule has 0 aliphatic heterocycles. The predicted molar refractivity (Wildman–Crippen MR) is 26.6 cm³/mol. The average molecular weight is 130 g/mol. The van der Waals surface area contributed by atoms with Gasteiger partial charge in [0.25, 0.3) is 0 Å². The maximum Gasteiger partial charge on any atom is 0.211 e. The summed E-state index contributed by atoms with van der Waals surface area (Å²) < 4.78 is 0.712. The second-order valence-electron chi connectivity index (χ2n) is 1.09. The van der Waals surface area contributed by atoms with Gasteiger partial charge in [0, 0.05) is 0 Å². The summed E-state index contributed by atoms with van der Waals surface area (Å²) in [6, 6.07) is 0. The Bertz CT molecular complexity index is 231. The lowest BCUT2D eigenvalue weighted by molar-refractivity contribution is 0.168. The van der Waals surface area contributed by atoms with E-state index in [4.69, 9.17) is 5.21 Å². The molecule has 0 spiro atoms. The highest BCUT2D eigenvalue weighted by Crippen LogP contribution is 1.76. The fraction of sp³-hybridized carbons (Fsp3) is 0. The van der Waals surface area contributed by atoms with Crippen LogP contribution in [0.4, 0.5) is 0 Å². The summed E-state index contributed by atoms with van der Waals surface area (Å²) >= 11 is 0. The van der Waals surface area contributed by atoms with Crippen molar-refractivity contribution in [2.24, 2.45) is 0 Å². The van der Waals surface area contributed by atoms with E-state index in [2.05, 4.69) is 24.3 Å². The minimum Gasteiger partial charge on any atom is -0.425 e. The fourth-order valence-corrected chi connectivity index (χ4v) is 0.343. The van der Waals surface area contributed by atoms with Gasteiger partial charge in [-0.25, -0.2) is 0 Å². The highest BCUT2D eigenvalue weighted by Gasteiger charge is 1.80. The molecular formula is C2H3N4OP. The molecule has 1 aromatic heterocycles. The first-order chi connectivity index (χ1) is 3.80. The molecule has 42 valence electrons. The third-order valence-electron chi connectivity index (χ3n) is 0.569. The van der Waals surface area contributed by atoms with Gasteiger partial charge in [0.15, 0.2) is 6.33 Å². The van der Waals surface area contributed by atoms with Crippen LogP contribution in [0.2, 0.25) is 0 Å². The zero-order valence-electron chi connectivity index (χ0n) is 3.81. The number of nitrogens with zero attached hydrogens (tertiary/aromatic N) is 4. The van der Waals surface area contributed by atoms with Gasteiger partial charge in [-0.05, 0) is 5.21 Å². The van der Waals surface area contributed by atoms with Crippen LogP contribution in [0, 0.1) is 5.20 Å². The van der Waals surface area contributed by atoms with Crippen LogP contribution in [-0.2, 0) is 0 Å². The van der Waals surface area contributed by atoms with E-state index in [1.807, 2.05) is 0 Å². The third-order valence-corrected chi connectivity index (χ3v) is 0.898. The molecule has 0 saturated heterocycles. The molecule has 0 radical (unpaired) electrons. The standard InChI is InChI=1S/C2H3N4OP/c7-6-1-3-5-4-2(6)8/h1,7-8H. The van der Waals surface area contributed by atoms with Crippen molar-refractivity contribution < 1.29 is 5.21 Å². The molecule has 0 aliphatic carbocycles.